The van der Waals surface area contributed by atoms with Gasteiger partial charge in [-0.05, 0) is 67.1 Å². The maximum atomic E-state index is 12.4. The third-order valence-corrected chi connectivity index (χ3v) is 6.58. The van der Waals surface area contributed by atoms with Crippen LogP contribution in [0.1, 0.15) is 17.7 Å². The van der Waals surface area contributed by atoms with Gasteiger partial charge >= 0.3 is 0 Å². The highest BCUT2D eigenvalue weighted by Gasteiger charge is 2.18. The van der Waals surface area contributed by atoms with E-state index >= 15 is 0 Å². The Balaban J connectivity index is 1.26. The number of hydrogen-bond acceptors (Lipinski definition) is 7. The summed E-state index contributed by atoms with van der Waals surface area (Å²) in [5, 5.41) is 14.7. The largest absolute Gasteiger partial charge is 0.356 e. The van der Waals surface area contributed by atoms with Crippen LogP contribution in [0.5, 0.6) is 0 Å². The van der Waals surface area contributed by atoms with Gasteiger partial charge in [-0.1, -0.05) is 23.7 Å². The van der Waals surface area contributed by atoms with Crippen molar-refractivity contribution in [1.29, 1.82) is 0 Å². The minimum absolute atomic E-state index is 0.0809. The second-order valence-corrected chi connectivity index (χ2v) is 9.75. The van der Waals surface area contributed by atoms with Gasteiger partial charge in [0.1, 0.15) is 11.6 Å². The molecule has 1 aliphatic rings. The predicted molar refractivity (Wildman–Crippen MR) is 140 cm³/mol. The topological polar surface area (TPSA) is 98.8 Å². The molecule has 0 spiro atoms. The Morgan fingerprint density at radius 3 is 2.49 bits per heavy atom. The van der Waals surface area contributed by atoms with Gasteiger partial charge in [-0.25, -0.2) is 9.97 Å². The van der Waals surface area contributed by atoms with Gasteiger partial charge in [0.15, 0.2) is 11.0 Å². The fourth-order valence-electron chi connectivity index (χ4n) is 3.55. The van der Waals surface area contributed by atoms with Gasteiger partial charge in [-0.15, -0.1) is 0 Å². The third kappa shape index (κ3) is 6.12. The quantitative estimate of drug-likeness (QED) is 0.274. The lowest BCUT2D eigenvalue weighted by Crippen LogP contribution is -2.37. The lowest BCUT2D eigenvalue weighted by molar-refractivity contribution is -0.115. The van der Waals surface area contributed by atoms with Gasteiger partial charge in [-0.2, -0.15) is 5.10 Å². The third-order valence-electron chi connectivity index (χ3n) is 5.46. The molecule has 3 N–H and O–H groups in total. The summed E-state index contributed by atoms with van der Waals surface area (Å²) in [4.78, 5) is 25.0. The van der Waals surface area contributed by atoms with Crippen molar-refractivity contribution < 1.29 is 4.79 Å². The van der Waals surface area contributed by atoms with Crippen molar-refractivity contribution in [3.8, 4) is 0 Å². The molecular formula is C25H24ClN7OS. The average molecular weight is 506 g/mol. The first-order valence-corrected chi connectivity index (χ1v) is 12.4. The first-order valence-electron chi connectivity index (χ1n) is 11.3. The van der Waals surface area contributed by atoms with Gasteiger partial charge in [-0.3, -0.25) is 9.89 Å². The van der Waals surface area contributed by atoms with Gasteiger partial charge in [0, 0.05) is 46.5 Å². The molecule has 0 saturated carbocycles. The molecule has 1 aliphatic heterocycles. The molecule has 0 bridgehead atoms. The Morgan fingerprint density at radius 1 is 1.06 bits per heavy atom. The molecule has 1 fully saturated rings. The molecule has 1 amide bonds. The summed E-state index contributed by atoms with van der Waals surface area (Å²) in [6.07, 6.45) is 1.45. The van der Waals surface area contributed by atoms with Crippen molar-refractivity contribution in [1.82, 2.24) is 20.2 Å². The van der Waals surface area contributed by atoms with Crippen molar-refractivity contribution >= 4 is 52.4 Å². The zero-order valence-electron chi connectivity index (χ0n) is 19.1. The smallest absolute Gasteiger partial charge is 0.228 e. The monoisotopic (exact) mass is 505 g/mol. The van der Waals surface area contributed by atoms with Gasteiger partial charge in [0.05, 0.1) is 6.42 Å². The van der Waals surface area contributed by atoms with E-state index in [4.69, 9.17) is 16.6 Å². The summed E-state index contributed by atoms with van der Waals surface area (Å²) >= 11 is 7.38. The molecule has 2 aromatic carbocycles. The Morgan fingerprint density at radius 2 is 1.83 bits per heavy atom. The standard InChI is InChI=1S/C25H24ClN7OS/c1-16-13-22(32-31-16)28-21-15-23(33-11-2-12-33)30-25(29-21)35-20-9-7-19(8-10-20)27-24(34)14-17-3-5-18(26)6-4-17/h3-10,13,15H,2,11-12,14H2,1H3,(H,27,34)(H2,28,29,30,31,32). The number of anilines is 4. The molecule has 35 heavy (non-hydrogen) atoms. The number of hydrogen-bond donors (Lipinski definition) is 3. The van der Waals surface area contributed by atoms with Crippen LogP contribution < -0.4 is 15.5 Å². The number of aryl methyl sites for hydroxylation is 1. The minimum Gasteiger partial charge on any atom is -0.356 e. The molecule has 5 rings (SSSR count). The normalized spacial score (nSPS) is 12.8. The van der Waals surface area contributed by atoms with Crippen LogP contribution in [0.4, 0.5) is 23.1 Å². The van der Waals surface area contributed by atoms with E-state index < -0.39 is 0 Å². The minimum atomic E-state index is -0.0809. The van der Waals surface area contributed by atoms with E-state index in [9.17, 15) is 4.79 Å². The first-order chi connectivity index (χ1) is 17.0. The molecule has 0 unspecified atom stereocenters. The first kappa shape index (κ1) is 23.2. The number of carbonyl (C=O) groups excluding carboxylic acids is 1. The van der Waals surface area contributed by atoms with Crippen molar-refractivity contribution in [3.63, 3.8) is 0 Å². The second kappa shape index (κ2) is 10.4. The number of rotatable bonds is 8. The fraction of sp³-hybridized carbons (Fsp3) is 0.200. The van der Waals surface area contributed by atoms with E-state index in [2.05, 4.69) is 30.7 Å². The van der Waals surface area contributed by atoms with Crippen molar-refractivity contribution in [2.24, 2.45) is 0 Å². The van der Waals surface area contributed by atoms with Crippen LogP contribution >= 0.6 is 23.4 Å². The molecule has 178 valence electrons. The summed E-state index contributed by atoms with van der Waals surface area (Å²) in [6, 6.07) is 18.8. The number of H-pyrrole nitrogens is 1. The van der Waals surface area contributed by atoms with E-state index in [1.165, 1.54) is 18.2 Å². The van der Waals surface area contributed by atoms with Crippen LogP contribution in [-0.4, -0.2) is 39.2 Å². The molecule has 0 radical (unpaired) electrons. The Hall–Kier alpha value is -3.56. The van der Waals surface area contributed by atoms with Crippen LogP contribution in [0.15, 0.2) is 70.7 Å². The molecule has 10 heteroatoms. The molecule has 0 atom stereocenters. The molecular weight excluding hydrogens is 482 g/mol. The number of aromatic nitrogens is 4. The van der Waals surface area contributed by atoms with E-state index in [1.807, 2.05) is 55.5 Å². The molecule has 0 aliphatic carbocycles. The highest BCUT2D eigenvalue weighted by Crippen LogP contribution is 2.31. The summed E-state index contributed by atoms with van der Waals surface area (Å²) < 4.78 is 0. The van der Waals surface area contributed by atoms with Gasteiger partial charge in [0.25, 0.3) is 0 Å². The summed E-state index contributed by atoms with van der Waals surface area (Å²) in [7, 11) is 0. The molecule has 1 saturated heterocycles. The number of nitrogens with one attached hydrogen (secondary N) is 3. The number of amides is 1. The molecule has 4 aromatic rings. The maximum absolute atomic E-state index is 12.4. The number of benzene rings is 2. The molecule has 3 heterocycles. The van der Waals surface area contributed by atoms with Crippen LogP contribution in [0.3, 0.4) is 0 Å². The van der Waals surface area contributed by atoms with E-state index in [0.29, 0.717) is 21.8 Å². The van der Waals surface area contributed by atoms with Crippen molar-refractivity contribution in [2.75, 3.05) is 28.6 Å². The highest BCUT2D eigenvalue weighted by molar-refractivity contribution is 7.99. The highest BCUT2D eigenvalue weighted by atomic mass is 35.5. The van der Waals surface area contributed by atoms with Crippen LogP contribution in [0.2, 0.25) is 5.02 Å². The zero-order valence-corrected chi connectivity index (χ0v) is 20.7. The average Bonchev–Trinajstić information content (AvgIpc) is 3.20. The van der Waals surface area contributed by atoms with Gasteiger partial charge in [0.2, 0.25) is 5.91 Å². The molecule has 2 aromatic heterocycles. The summed E-state index contributed by atoms with van der Waals surface area (Å²) in [6.45, 7) is 3.94. The van der Waals surface area contributed by atoms with Crippen LogP contribution in [0, 0.1) is 6.92 Å². The van der Waals surface area contributed by atoms with E-state index in [1.54, 1.807) is 12.1 Å². The lowest BCUT2D eigenvalue weighted by atomic mass is 10.1. The van der Waals surface area contributed by atoms with Crippen molar-refractivity contribution in [3.05, 3.63) is 76.9 Å². The number of carbonyl (C=O) groups is 1. The Kier molecular flexibility index (Phi) is 6.87. The summed E-state index contributed by atoms with van der Waals surface area (Å²) in [5.41, 5.74) is 2.62. The Labute approximate surface area is 212 Å². The number of halogens is 1. The fourth-order valence-corrected chi connectivity index (χ4v) is 4.44. The maximum Gasteiger partial charge on any atom is 0.228 e. The second-order valence-electron chi connectivity index (χ2n) is 8.27. The van der Waals surface area contributed by atoms with Crippen molar-refractivity contribution in [2.45, 2.75) is 29.8 Å². The lowest BCUT2D eigenvalue weighted by Gasteiger charge is -2.32. The number of aromatic amines is 1. The van der Waals surface area contributed by atoms with E-state index in [-0.39, 0.29) is 12.3 Å². The van der Waals surface area contributed by atoms with Gasteiger partial charge < -0.3 is 15.5 Å². The predicted octanol–water partition coefficient (Wildman–Crippen LogP) is 5.45. The SMILES string of the molecule is Cc1cc(Nc2cc(N3CCC3)nc(Sc3ccc(NC(=O)Cc4ccc(Cl)cc4)cc3)n2)n[nH]1. The van der Waals surface area contributed by atoms with E-state index in [0.717, 1.165) is 40.7 Å². The summed E-state index contributed by atoms with van der Waals surface area (Å²) in [5.74, 6) is 2.23. The number of nitrogens with zero attached hydrogens (tertiary/aromatic N) is 4. The van der Waals surface area contributed by atoms with Crippen LogP contribution in [-0.2, 0) is 11.2 Å². The zero-order chi connectivity index (χ0) is 24.2. The van der Waals surface area contributed by atoms with Crippen LogP contribution in [0.25, 0.3) is 0 Å². The Bertz CT molecular complexity index is 1320. The molecule has 8 nitrogen and oxygen atoms in total.